The third-order valence-corrected chi connectivity index (χ3v) is 5.06. The Hall–Kier alpha value is -1.54. The molecular formula is C15H9BrCl2N2O3S. The number of nitrogens with one attached hydrogen (secondary N) is 1. The number of nitrogens with zero attached hydrogens (tertiary/aromatic N) is 1. The van der Waals surface area contributed by atoms with Gasteiger partial charge < -0.3 is 9.15 Å². The molecule has 0 saturated heterocycles. The number of aromatic nitrogens is 1. The quantitative estimate of drug-likeness (QED) is 0.549. The van der Waals surface area contributed by atoms with Crippen LogP contribution in [0.15, 0.2) is 44.7 Å². The van der Waals surface area contributed by atoms with Crippen molar-refractivity contribution >= 4 is 61.5 Å². The number of amides is 1. The van der Waals surface area contributed by atoms with Crippen molar-refractivity contribution in [2.45, 2.75) is 6.61 Å². The first-order valence-corrected chi connectivity index (χ1v) is 8.97. The minimum atomic E-state index is -0.385. The van der Waals surface area contributed by atoms with E-state index in [1.165, 1.54) is 11.3 Å². The van der Waals surface area contributed by atoms with Gasteiger partial charge in [0, 0.05) is 0 Å². The monoisotopic (exact) mass is 446 g/mol. The standard InChI is InChI=1S/C15H9BrCl2N2O3S/c16-12-6-19-15(24-12)20-14(21)11-5-4-8(23-11)7-22-10-3-1-2-9(17)13(10)18/h1-6H,7H2,(H,19,20,21). The molecule has 0 bridgehead atoms. The third-order valence-electron chi connectivity index (χ3n) is 2.87. The molecule has 0 atom stereocenters. The number of hydrogen-bond donors (Lipinski definition) is 1. The second kappa shape index (κ2) is 7.57. The Kier molecular flexibility index (Phi) is 5.45. The van der Waals surface area contributed by atoms with Crippen LogP contribution in [0, 0.1) is 0 Å². The smallest absolute Gasteiger partial charge is 0.293 e. The summed E-state index contributed by atoms with van der Waals surface area (Å²) in [6, 6.07) is 8.33. The minimum absolute atomic E-state index is 0.121. The van der Waals surface area contributed by atoms with Gasteiger partial charge in [-0.05, 0) is 40.2 Å². The number of hydrogen-bond acceptors (Lipinski definition) is 5. The number of anilines is 1. The molecule has 0 aliphatic rings. The first-order chi connectivity index (χ1) is 11.5. The van der Waals surface area contributed by atoms with Crippen LogP contribution in [-0.2, 0) is 6.61 Å². The van der Waals surface area contributed by atoms with Gasteiger partial charge >= 0.3 is 0 Å². The lowest BCUT2D eigenvalue weighted by Crippen LogP contribution is -2.10. The predicted octanol–water partition coefficient (Wildman–Crippen LogP) is 5.64. The molecule has 0 spiro atoms. The summed E-state index contributed by atoms with van der Waals surface area (Å²) in [4.78, 5) is 16.1. The van der Waals surface area contributed by atoms with E-state index >= 15 is 0 Å². The molecule has 0 fully saturated rings. The normalized spacial score (nSPS) is 10.6. The van der Waals surface area contributed by atoms with Gasteiger partial charge in [-0.3, -0.25) is 10.1 Å². The van der Waals surface area contributed by atoms with Crippen LogP contribution >= 0.6 is 50.5 Å². The molecule has 1 amide bonds. The first-order valence-electron chi connectivity index (χ1n) is 6.61. The van der Waals surface area contributed by atoms with Crippen molar-refractivity contribution in [2.24, 2.45) is 0 Å². The largest absolute Gasteiger partial charge is 0.484 e. The van der Waals surface area contributed by atoms with Crippen LogP contribution in [0.1, 0.15) is 16.3 Å². The SMILES string of the molecule is O=C(Nc1ncc(Br)s1)c1ccc(COc2cccc(Cl)c2Cl)o1. The highest BCUT2D eigenvalue weighted by atomic mass is 79.9. The summed E-state index contributed by atoms with van der Waals surface area (Å²) in [5, 5.41) is 3.86. The molecule has 0 saturated carbocycles. The fourth-order valence-electron chi connectivity index (χ4n) is 1.79. The highest BCUT2D eigenvalue weighted by Gasteiger charge is 2.14. The molecule has 2 heterocycles. The van der Waals surface area contributed by atoms with Gasteiger partial charge in [0.1, 0.15) is 23.1 Å². The highest BCUT2D eigenvalue weighted by molar-refractivity contribution is 9.11. The van der Waals surface area contributed by atoms with Crippen LogP contribution < -0.4 is 10.1 Å². The van der Waals surface area contributed by atoms with Gasteiger partial charge in [0.2, 0.25) is 0 Å². The van der Waals surface area contributed by atoms with Crippen molar-refractivity contribution in [1.82, 2.24) is 4.98 Å². The lowest BCUT2D eigenvalue weighted by Gasteiger charge is -2.07. The van der Waals surface area contributed by atoms with Crippen molar-refractivity contribution in [3.05, 3.63) is 61.9 Å². The first kappa shape index (κ1) is 17.3. The second-order valence-corrected chi connectivity index (χ2v) is 7.73. The maximum absolute atomic E-state index is 12.1. The fourth-order valence-corrected chi connectivity index (χ4v) is 3.24. The fraction of sp³-hybridized carbons (Fsp3) is 0.0667. The van der Waals surface area contributed by atoms with Crippen molar-refractivity contribution in [2.75, 3.05) is 5.32 Å². The van der Waals surface area contributed by atoms with Crippen LogP contribution in [0.5, 0.6) is 5.75 Å². The summed E-state index contributed by atoms with van der Waals surface area (Å²) >= 11 is 16.6. The molecule has 1 aromatic carbocycles. The number of carbonyl (C=O) groups excluding carboxylic acids is 1. The third kappa shape index (κ3) is 4.10. The summed E-state index contributed by atoms with van der Waals surface area (Å²) in [5.74, 6) is 0.705. The van der Waals surface area contributed by atoms with Crippen LogP contribution in [0.25, 0.3) is 0 Å². The Morgan fingerprint density at radius 3 is 2.92 bits per heavy atom. The predicted molar refractivity (Wildman–Crippen MR) is 97.3 cm³/mol. The van der Waals surface area contributed by atoms with Gasteiger partial charge in [0.15, 0.2) is 10.9 Å². The molecule has 0 aliphatic carbocycles. The number of ether oxygens (including phenoxy) is 1. The number of rotatable bonds is 5. The van der Waals surface area contributed by atoms with Crippen LogP contribution in [0.4, 0.5) is 5.13 Å². The van der Waals surface area contributed by atoms with E-state index in [2.05, 4.69) is 26.2 Å². The van der Waals surface area contributed by atoms with Gasteiger partial charge in [0.05, 0.1) is 15.0 Å². The van der Waals surface area contributed by atoms with Gasteiger partial charge in [-0.2, -0.15) is 0 Å². The number of furan rings is 1. The van der Waals surface area contributed by atoms with Gasteiger partial charge in [0.25, 0.3) is 5.91 Å². The van der Waals surface area contributed by atoms with Crippen molar-refractivity contribution in [3.63, 3.8) is 0 Å². The average Bonchev–Trinajstić information content (AvgIpc) is 3.18. The Balaban J connectivity index is 1.63. The lowest BCUT2D eigenvalue weighted by molar-refractivity contribution is 0.0992. The zero-order valence-electron chi connectivity index (χ0n) is 11.9. The number of benzene rings is 1. The molecule has 1 N–H and O–H groups in total. The molecule has 0 aliphatic heterocycles. The molecule has 124 valence electrons. The second-order valence-electron chi connectivity index (χ2n) is 4.53. The van der Waals surface area contributed by atoms with Crippen molar-refractivity contribution in [3.8, 4) is 5.75 Å². The highest BCUT2D eigenvalue weighted by Crippen LogP contribution is 2.32. The van der Waals surface area contributed by atoms with Crippen molar-refractivity contribution < 1.29 is 13.9 Å². The van der Waals surface area contributed by atoms with E-state index in [-0.39, 0.29) is 18.3 Å². The Bertz CT molecular complexity index is 881. The number of halogens is 3. The Morgan fingerprint density at radius 2 is 2.17 bits per heavy atom. The zero-order valence-corrected chi connectivity index (χ0v) is 15.8. The molecule has 3 aromatic rings. The summed E-state index contributed by atoms with van der Waals surface area (Å²) in [7, 11) is 0. The molecule has 24 heavy (non-hydrogen) atoms. The molecule has 0 radical (unpaired) electrons. The van der Waals surface area contributed by atoms with E-state index in [0.29, 0.717) is 26.7 Å². The van der Waals surface area contributed by atoms with E-state index in [1.807, 2.05) is 0 Å². The van der Waals surface area contributed by atoms with Crippen LogP contribution in [0.3, 0.4) is 0 Å². The summed E-state index contributed by atoms with van der Waals surface area (Å²) in [5.41, 5.74) is 0. The molecule has 5 nitrogen and oxygen atoms in total. The molecule has 3 rings (SSSR count). The summed E-state index contributed by atoms with van der Waals surface area (Å²) in [6.45, 7) is 0.121. The lowest BCUT2D eigenvalue weighted by atomic mass is 10.3. The molecule has 9 heteroatoms. The van der Waals surface area contributed by atoms with Crippen LogP contribution in [-0.4, -0.2) is 10.9 Å². The van der Waals surface area contributed by atoms with E-state index in [1.54, 1.807) is 36.5 Å². The summed E-state index contributed by atoms with van der Waals surface area (Å²) < 4.78 is 11.9. The van der Waals surface area contributed by atoms with Crippen LogP contribution in [0.2, 0.25) is 10.0 Å². The average molecular weight is 448 g/mol. The van der Waals surface area contributed by atoms with Crippen molar-refractivity contribution in [1.29, 1.82) is 0 Å². The Morgan fingerprint density at radius 1 is 1.33 bits per heavy atom. The maximum Gasteiger partial charge on any atom is 0.293 e. The molecular weight excluding hydrogens is 439 g/mol. The zero-order chi connectivity index (χ0) is 17.1. The minimum Gasteiger partial charge on any atom is -0.484 e. The van der Waals surface area contributed by atoms with Gasteiger partial charge in [-0.25, -0.2) is 4.98 Å². The maximum atomic E-state index is 12.1. The van der Waals surface area contributed by atoms with E-state index in [9.17, 15) is 4.79 Å². The van der Waals surface area contributed by atoms with E-state index in [4.69, 9.17) is 32.4 Å². The molecule has 0 unspecified atom stereocenters. The number of thiazole rings is 1. The summed E-state index contributed by atoms with van der Waals surface area (Å²) in [6.07, 6.45) is 1.61. The Labute approximate surface area is 159 Å². The van der Waals surface area contributed by atoms with Gasteiger partial charge in [-0.1, -0.05) is 40.6 Å². The van der Waals surface area contributed by atoms with Gasteiger partial charge in [-0.15, -0.1) is 0 Å². The molecule has 2 aromatic heterocycles. The van der Waals surface area contributed by atoms with E-state index in [0.717, 1.165) is 3.79 Å². The van der Waals surface area contributed by atoms with E-state index < -0.39 is 0 Å². The number of carbonyl (C=O) groups is 1. The topological polar surface area (TPSA) is 64.4 Å².